The second-order valence-corrected chi connectivity index (χ2v) is 25.3. The number of ether oxygens (including phenoxy) is 2. The number of fused-ring (bicyclic) bond motifs is 18. The Bertz CT molecular complexity index is 5710. The summed E-state index contributed by atoms with van der Waals surface area (Å²) in [6.07, 6.45) is 0. The van der Waals surface area contributed by atoms with Crippen LogP contribution in [0.5, 0.6) is 23.0 Å². The highest BCUT2D eigenvalue weighted by Gasteiger charge is 2.53. The topological polar surface area (TPSA) is 68.0 Å². The lowest BCUT2D eigenvalue weighted by atomic mass is 9.65. The summed E-state index contributed by atoms with van der Waals surface area (Å²) in [5.41, 5.74) is 30.5. The number of aromatic nitrogens is 2. The Morgan fingerprint density at radius 3 is 1.04 bits per heavy atom. The van der Waals surface area contributed by atoms with Gasteiger partial charge in [0.25, 0.3) is 0 Å². The Labute approximate surface area is 556 Å². The highest BCUT2D eigenvalue weighted by Crippen LogP contribution is 2.65. The van der Waals surface area contributed by atoms with Gasteiger partial charge in [0.05, 0.1) is 33.9 Å². The molecule has 5 heteroatoms. The maximum absolute atomic E-state index is 9.58. The van der Waals surface area contributed by atoms with Gasteiger partial charge in [-0.25, -0.2) is 0 Å². The van der Waals surface area contributed by atoms with Crippen molar-refractivity contribution in [2.24, 2.45) is 0 Å². The van der Waals surface area contributed by atoms with Crippen LogP contribution < -0.4 is 9.47 Å². The maximum Gasteiger partial charge on any atom is 0.132 e. The van der Waals surface area contributed by atoms with Gasteiger partial charge >= 0.3 is 0 Å². The quantitative estimate of drug-likeness (QED) is 0.152. The average molecular weight is 1220 g/mol. The Morgan fingerprint density at radius 2 is 0.552 bits per heavy atom. The minimum Gasteiger partial charge on any atom is -0.457 e. The van der Waals surface area contributed by atoms with Gasteiger partial charge in [-0.05, 0) is 178 Å². The lowest BCUT2D eigenvalue weighted by molar-refractivity contribution is 0.436. The summed E-state index contributed by atoms with van der Waals surface area (Å²) in [5.74, 6) is 3.38. The van der Waals surface area contributed by atoms with Crippen LogP contribution in [0.2, 0.25) is 0 Å². The monoisotopic (exact) mass is 1220 g/mol. The first kappa shape index (κ1) is 54.9. The fraction of sp³-hybridized carbons (Fsp3) is 0.0220. The molecule has 2 aliphatic carbocycles. The summed E-state index contributed by atoms with van der Waals surface area (Å²) >= 11 is 0. The number of benzene rings is 14. The highest BCUT2D eigenvalue weighted by molar-refractivity contribution is 5.96. The summed E-state index contributed by atoms with van der Waals surface area (Å²) in [5, 5.41) is 19.4. The first-order valence-corrected chi connectivity index (χ1v) is 32.6. The maximum atomic E-state index is 9.58. The number of para-hydroxylation sites is 2. The minimum atomic E-state index is -0.686. The van der Waals surface area contributed by atoms with Crippen LogP contribution >= 0.6 is 0 Å². The van der Waals surface area contributed by atoms with Gasteiger partial charge in [0.1, 0.15) is 23.0 Å². The van der Waals surface area contributed by atoms with Crippen molar-refractivity contribution < 1.29 is 9.47 Å². The predicted octanol–water partition coefficient (Wildman–Crippen LogP) is 22.6. The van der Waals surface area contributed by atoms with Crippen molar-refractivity contribution >= 4 is 0 Å². The molecule has 15 aromatic rings. The summed E-state index contributed by atoms with van der Waals surface area (Å²) in [4.78, 5) is 0. The largest absolute Gasteiger partial charge is 0.457 e. The highest BCUT2D eigenvalue weighted by atomic mass is 16.5. The Morgan fingerprint density at radius 1 is 0.219 bits per heavy atom. The third-order valence-corrected chi connectivity index (χ3v) is 20.4. The summed E-state index contributed by atoms with van der Waals surface area (Å²) in [6.45, 7) is 0. The Kier molecular flexibility index (Phi) is 12.4. The minimum absolute atomic E-state index is 0.522. The molecule has 19 rings (SSSR count). The molecule has 2 spiro atoms. The second-order valence-electron chi connectivity index (χ2n) is 25.3. The van der Waals surface area contributed by atoms with Gasteiger partial charge in [-0.1, -0.05) is 267 Å². The molecular formula is C91H55N3O2. The van der Waals surface area contributed by atoms with Gasteiger partial charge in [0.15, 0.2) is 0 Å². The molecule has 3 heterocycles. The predicted molar refractivity (Wildman–Crippen MR) is 385 cm³/mol. The van der Waals surface area contributed by atoms with Crippen molar-refractivity contribution in [3.05, 3.63) is 384 Å². The molecule has 0 saturated heterocycles. The molecule has 0 N–H and O–H groups in total. The van der Waals surface area contributed by atoms with E-state index < -0.39 is 10.8 Å². The fourth-order valence-electron chi connectivity index (χ4n) is 16.3. The van der Waals surface area contributed by atoms with Gasteiger partial charge in [-0.15, -0.1) is 10.2 Å². The van der Waals surface area contributed by atoms with E-state index in [1.165, 1.54) is 44.5 Å². The molecule has 0 radical (unpaired) electrons. The number of rotatable bonds is 8. The van der Waals surface area contributed by atoms with Crippen molar-refractivity contribution in [1.29, 1.82) is 5.26 Å². The van der Waals surface area contributed by atoms with Crippen LogP contribution in [-0.4, -0.2) is 10.2 Å². The number of nitrogens with zero attached hydrogens (tertiary/aromatic N) is 3. The van der Waals surface area contributed by atoms with Crippen molar-refractivity contribution in [2.75, 3.05) is 0 Å². The Hall–Kier alpha value is -12.8. The van der Waals surface area contributed by atoms with Crippen LogP contribution in [0.25, 0.3) is 112 Å². The van der Waals surface area contributed by atoms with Gasteiger partial charge < -0.3 is 9.47 Å². The summed E-state index contributed by atoms with van der Waals surface area (Å²) in [7, 11) is 0. The van der Waals surface area contributed by atoms with Crippen molar-refractivity contribution in [2.45, 2.75) is 10.8 Å². The smallest absolute Gasteiger partial charge is 0.132 e. The van der Waals surface area contributed by atoms with E-state index in [1.54, 1.807) is 0 Å². The molecule has 0 bridgehead atoms. The molecule has 1 aromatic heterocycles. The Balaban J connectivity index is 0.646. The summed E-state index contributed by atoms with van der Waals surface area (Å²) in [6, 6.07) is 122. The third-order valence-electron chi connectivity index (χ3n) is 20.4. The SMILES string of the molecule is N#Cc1ccc(-c2ccccc2-c2ccccc2-c2ccc3c(c2)Oc2ccccc2C32c3ccccc3-c3ccc(-c4cccc(-c5ccc(-c6cccc(-c7ccccc7-c7ccc8c(c7)Oc7ccccc7C87c8ccccc8-c8ccccc87)c6)nn5)c4)cc32)cc1. The lowest BCUT2D eigenvalue weighted by Gasteiger charge is -2.39. The summed E-state index contributed by atoms with van der Waals surface area (Å²) < 4.78 is 14.0. The first-order chi connectivity index (χ1) is 47.5. The van der Waals surface area contributed by atoms with Gasteiger partial charge in [-0.3, -0.25) is 0 Å². The van der Waals surface area contributed by atoms with E-state index in [4.69, 9.17) is 19.7 Å². The van der Waals surface area contributed by atoms with Crippen LogP contribution in [-0.2, 0) is 10.8 Å². The van der Waals surface area contributed by atoms with E-state index in [0.717, 1.165) is 135 Å². The first-order valence-electron chi connectivity index (χ1n) is 32.6. The van der Waals surface area contributed by atoms with E-state index in [0.29, 0.717) is 5.56 Å². The number of hydrogen-bond acceptors (Lipinski definition) is 5. The van der Waals surface area contributed by atoms with Gasteiger partial charge in [0.2, 0.25) is 0 Å². The van der Waals surface area contributed by atoms with E-state index in [2.05, 4.69) is 315 Å². The fourth-order valence-corrected chi connectivity index (χ4v) is 16.3. The van der Waals surface area contributed by atoms with Crippen molar-refractivity contribution in [1.82, 2.24) is 10.2 Å². The number of nitriles is 1. The molecular weight excluding hydrogens is 1170 g/mol. The van der Waals surface area contributed by atoms with E-state index in [-0.39, 0.29) is 0 Å². The molecule has 96 heavy (non-hydrogen) atoms. The lowest BCUT2D eigenvalue weighted by Crippen LogP contribution is -2.32. The van der Waals surface area contributed by atoms with E-state index >= 15 is 0 Å². The molecule has 5 nitrogen and oxygen atoms in total. The average Bonchev–Trinajstić information content (AvgIpc) is 1.49. The molecule has 14 aromatic carbocycles. The van der Waals surface area contributed by atoms with Crippen molar-refractivity contribution in [3.8, 4) is 141 Å². The van der Waals surface area contributed by atoms with Crippen LogP contribution in [0.3, 0.4) is 0 Å². The molecule has 1 unspecified atom stereocenters. The van der Waals surface area contributed by atoms with Gasteiger partial charge in [0, 0.05) is 33.4 Å². The molecule has 0 amide bonds. The van der Waals surface area contributed by atoms with E-state index in [1.807, 2.05) is 24.3 Å². The van der Waals surface area contributed by atoms with Crippen LogP contribution in [0, 0.1) is 11.3 Å². The number of hydrogen-bond donors (Lipinski definition) is 0. The molecule has 0 fully saturated rings. The third kappa shape index (κ3) is 8.22. The zero-order chi connectivity index (χ0) is 63.5. The van der Waals surface area contributed by atoms with Crippen LogP contribution in [0.1, 0.15) is 50.1 Å². The molecule has 2 aliphatic heterocycles. The van der Waals surface area contributed by atoms with Crippen LogP contribution in [0.4, 0.5) is 0 Å². The molecule has 4 aliphatic rings. The second kappa shape index (κ2) is 21.7. The van der Waals surface area contributed by atoms with Crippen molar-refractivity contribution in [3.63, 3.8) is 0 Å². The zero-order valence-electron chi connectivity index (χ0n) is 51.9. The molecule has 1 atom stereocenters. The standard InChI is InChI=1S/C91H55N3O2/c92-56-57-39-41-58(42-40-57)66-23-3-5-27-70(66)71-28-6-4-26-69(71)63-45-48-82-89(55-63)96-87-38-16-14-36-80(87)91(82)78-34-12-9-31-74(78)75-46-43-60(53-83(75)91)59-19-17-21-64(51-59)84-49-50-85(94-93-84)65-22-18-20-61(52-65)67-24-1-2-25-68(67)62-44-47-81-88(54-62)95-86-37-15-13-35-79(86)90(81)76-32-10-7-29-72(76)73-30-8-11-33-77(73)90/h1-55H. The normalized spacial score (nSPS) is 14.3. The molecule has 0 saturated carbocycles. The zero-order valence-corrected chi connectivity index (χ0v) is 51.9. The van der Waals surface area contributed by atoms with Gasteiger partial charge in [-0.2, -0.15) is 5.26 Å². The molecule has 446 valence electrons. The van der Waals surface area contributed by atoms with Crippen LogP contribution in [0.15, 0.2) is 334 Å². The van der Waals surface area contributed by atoms with E-state index in [9.17, 15) is 5.26 Å².